The van der Waals surface area contributed by atoms with Crippen LogP contribution < -0.4 is 10.2 Å². The van der Waals surface area contributed by atoms with Crippen molar-refractivity contribution in [3.63, 3.8) is 0 Å². The number of nitrogens with one attached hydrogen (secondary N) is 1. The second-order valence-corrected chi connectivity index (χ2v) is 9.26. The van der Waals surface area contributed by atoms with Crippen molar-refractivity contribution in [3.8, 4) is 23.1 Å². The Morgan fingerprint density at radius 1 is 0.974 bits per heavy atom. The third kappa shape index (κ3) is 8.67. The van der Waals surface area contributed by atoms with Gasteiger partial charge in [-0.25, -0.2) is 15.0 Å². The van der Waals surface area contributed by atoms with Crippen LogP contribution in [0.4, 0.5) is 11.5 Å². The first-order valence-corrected chi connectivity index (χ1v) is 12.9. The highest BCUT2D eigenvalue weighted by molar-refractivity contribution is 5.96. The topological polar surface area (TPSA) is 88.1 Å². The summed E-state index contributed by atoms with van der Waals surface area (Å²) in [5.74, 6) is 7.83. The van der Waals surface area contributed by atoms with Crippen LogP contribution in [0.3, 0.4) is 0 Å². The minimum atomic E-state index is -0.191. The van der Waals surface area contributed by atoms with Crippen molar-refractivity contribution in [3.05, 3.63) is 77.4 Å². The summed E-state index contributed by atoms with van der Waals surface area (Å²) >= 11 is 0. The van der Waals surface area contributed by atoms with E-state index in [0.29, 0.717) is 11.5 Å². The van der Waals surface area contributed by atoms with E-state index in [1.54, 1.807) is 18.5 Å². The molecule has 0 radical (unpaired) electrons. The van der Waals surface area contributed by atoms with Gasteiger partial charge in [-0.3, -0.25) is 9.59 Å². The third-order valence-corrected chi connectivity index (χ3v) is 5.66. The van der Waals surface area contributed by atoms with Gasteiger partial charge < -0.3 is 10.2 Å². The molecule has 0 aliphatic carbocycles. The second-order valence-electron chi connectivity index (χ2n) is 9.26. The molecule has 7 nitrogen and oxygen atoms in total. The van der Waals surface area contributed by atoms with Crippen LogP contribution >= 0.6 is 0 Å². The predicted molar refractivity (Wildman–Crippen MR) is 153 cm³/mol. The molecule has 0 saturated heterocycles. The number of aromatic nitrogens is 3. The number of anilines is 2. The molecule has 0 aliphatic rings. The minimum Gasteiger partial charge on any atom is -0.357 e. The zero-order valence-electron chi connectivity index (χ0n) is 22.8. The smallest absolute Gasteiger partial charge is 0.224 e. The molecule has 0 unspecified atom stereocenters. The van der Waals surface area contributed by atoms with Crippen molar-refractivity contribution >= 4 is 23.2 Å². The maximum atomic E-state index is 12.2. The molecule has 0 bridgehead atoms. The molecule has 0 atom stereocenters. The zero-order valence-corrected chi connectivity index (χ0v) is 22.8. The summed E-state index contributed by atoms with van der Waals surface area (Å²) < 4.78 is 0. The first-order valence-electron chi connectivity index (χ1n) is 12.9. The van der Waals surface area contributed by atoms with Gasteiger partial charge in [-0.2, -0.15) is 0 Å². The number of amides is 1. The number of hydrogen-bond donors (Lipinski definition) is 1. The Kier molecular flexibility index (Phi) is 10.3. The lowest BCUT2D eigenvalue weighted by Crippen LogP contribution is -2.24. The standard InChI is InChI=1S/C31H35N5O2/c1-6-16-36(7-2)30-19-25(18-29(35-30)26-20-32-23(5)33-21-26)9-8-24-10-12-27(13-11-24)34-31(38)15-14-28(37)17-22(3)4/h10-13,17-21H,6-7,14-16H2,1-5H3,(H,34,38). The third-order valence-electron chi connectivity index (χ3n) is 5.66. The monoisotopic (exact) mass is 509 g/mol. The van der Waals surface area contributed by atoms with Gasteiger partial charge in [-0.05, 0) is 76.6 Å². The summed E-state index contributed by atoms with van der Waals surface area (Å²) in [5, 5.41) is 2.83. The molecule has 0 fully saturated rings. The molecule has 196 valence electrons. The van der Waals surface area contributed by atoms with Gasteiger partial charge in [0.05, 0.1) is 5.69 Å². The van der Waals surface area contributed by atoms with E-state index in [1.165, 1.54) is 0 Å². The predicted octanol–water partition coefficient (Wildman–Crippen LogP) is 5.74. The summed E-state index contributed by atoms with van der Waals surface area (Å²) in [4.78, 5) is 39.7. The van der Waals surface area contributed by atoms with Crippen LogP contribution in [0.25, 0.3) is 11.3 Å². The quantitative estimate of drug-likeness (QED) is 0.277. The van der Waals surface area contributed by atoms with Gasteiger partial charge in [-0.15, -0.1) is 0 Å². The highest BCUT2D eigenvalue weighted by Crippen LogP contribution is 2.22. The van der Waals surface area contributed by atoms with E-state index in [4.69, 9.17) is 4.98 Å². The number of pyridine rings is 1. The van der Waals surface area contributed by atoms with Gasteiger partial charge in [0.15, 0.2) is 5.78 Å². The Hall–Kier alpha value is -4.31. The molecular formula is C31H35N5O2. The van der Waals surface area contributed by atoms with Crippen molar-refractivity contribution in [1.29, 1.82) is 0 Å². The summed E-state index contributed by atoms with van der Waals surface area (Å²) in [7, 11) is 0. The average molecular weight is 510 g/mol. The van der Waals surface area contributed by atoms with Gasteiger partial charge in [-0.1, -0.05) is 24.3 Å². The van der Waals surface area contributed by atoms with Crippen LogP contribution in [0.15, 0.2) is 60.4 Å². The van der Waals surface area contributed by atoms with Crippen molar-refractivity contribution < 1.29 is 9.59 Å². The lowest BCUT2D eigenvalue weighted by atomic mass is 10.1. The fraction of sp³-hybridized carbons (Fsp3) is 0.323. The molecule has 0 aliphatic heterocycles. The van der Waals surface area contributed by atoms with E-state index in [9.17, 15) is 9.59 Å². The highest BCUT2D eigenvalue weighted by Gasteiger charge is 2.10. The molecule has 3 rings (SSSR count). The molecule has 7 heteroatoms. The number of carbonyl (C=O) groups excluding carboxylic acids is 2. The van der Waals surface area contributed by atoms with Crippen molar-refractivity contribution in [1.82, 2.24) is 15.0 Å². The fourth-order valence-electron chi connectivity index (χ4n) is 3.76. The first kappa shape index (κ1) is 28.3. The first-order chi connectivity index (χ1) is 18.3. The number of benzene rings is 1. The van der Waals surface area contributed by atoms with E-state index >= 15 is 0 Å². The molecule has 2 aromatic heterocycles. The molecule has 38 heavy (non-hydrogen) atoms. The number of carbonyl (C=O) groups is 2. The molecule has 2 heterocycles. The molecular weight excluding hydrogens is 474 g/mol. The minimum absolute atomic E-state index is 0.0418. The molecule has 3 aromatic rings. The molecule has 0 saturated carbocycles. The SMILES string of the molecule is CCCN(CC)c1cc(C#Cc2ccc(NC(=O)CCC(=O)C=C(C)C)cc2)cc(-c2cnc(C)nc2)n1. The van der Waals surface area contributed by atoms with E-state index in [0.717, 1.165) is 53.3 Å². The fourth-order valence-corrected chi connectivity index (χ4v) is 3.76. The normalized spacial score (nSPS) is 10.2. The second kappa shape index (κ2) is 13.8. The van der Waals surface area contributed by atoms with Crippen LogP contribution in [0.5, 0.6) is 0 Å². The highest BCUT2D eigenvalue weighted by atomic mass is 16.2. The van der Waals surface area contributed by atoms with E-state index in [2.05, 4.69) is 45.9 Å². The summed E-state index contributed by atoms with van der Waals surface area (Å²) in [6.45, 7) is 11.6. The van der Waals surface area contributed by atoms with Crippen LogP contribution in [0.2, 0.25) is 0 Å². The van der Waals surface area contributed by atoms with Gasteiger partial charge >= 0.3 is 0 Å². The van der Waals surface area contributed by atoms with E-state index < -0.39 is 0 Å². The van der Waals surface area contributed by atoms with Crippen LogP contribution in [0.1, 0.15) is 63.9 Å². The number of aryl methyl sites for hydroxylation is 1. The molecule has 1 aromatic carbocycles. The Morgan fingerprint density at radius 3 is 2.29 bits per heavy atom. The number of rotatable bonds is 10. The van der Waals surface area contributed by atoms with Crippen LogP contribution in [-0.4, -0.2) is 39.7 Å². The van der Waals surface area contributed by atoms with Gasteiger partial charge in [0, 0.05) is 60.7 Å². The van der Waals surface area contributed by atoms with Crippen molar-refractivity contribution in [2.24, 2.45) is 0 Å². The van der Waals surface area contributed by atoms with Crippen LogP contribution in [-0.2, 0) is 9.59 Å². The number of ketones is 1. The largest absolute Gasteiger partial charge is 0.357 e. The Labute approximate surface area is 225 Å². The zero-order chi connectivity index (χ0) is 27.5. The van der Waals surface area contributed by atoms with E-state index in [1.807, 2.05) is 57.2 Å². The number of allylic oxidation sites excluding steroid dienone is 2. The molecule has 0 spiro atoms. The summed E-state index contributed by atoms with van der Waals surface area (Å²) in [6.07, 6.45) is 6.49. The van der Waals surface area contributed by atoms with Gasteiger partial charge in [0.25, 0.3) is 0 Å². The van der Waals surface area contributed by atoms with Crippen LogP contribution in [0, 0.1) is 18.8 Å². The van der Waals surface area contributed by atoms with E-state index in [-0.39, 0.29) is 24.5 Å². The average Bonchev–Trinajstić information content (AvgIpc) is 2.90. The lowest BCUT2D eigenvalue weighted by Gasteiger charge is -2.22. The molecule has 1 amide bonds. The lowest BCUT2D eigenvalue weighted by molar-refractivity contribution is -0.120. The van der Waals surface area contributed by atoms with Gasteiger partial charge in [0.1, 0.15) is 11.6 Å². The summed E-state index contributed by atoms with van der Waals surface area (Å²) in [5.41, 5.74) is 4.89. The Bertz CT molecular complexity index is 1350. The Balaban J connectivity index is 1.77. The number of nitrogens with zero attached hydrogens (tertiary/aromatic N) is 4. The maximum absolute atomic E-state index is 12.2. The number of hydrogen-bond acceptors (Lipinski definition) is 6. The van der Waals surface area contributed by atoms with Crippen molar-refractivity contribution in [2.45, 2.75) is 53.9 Å². The molecule has 1 N–H and O–H groups in total. The Morgan fingerprint density at radius 2 is 1.66 bits per heavy atom. The van der Waals surface area contributed by atoms with Crippen molar-refractivity contribution in [2.75, 3.05) is 23.3 Å². The summed E-state index contributed by atoms with van der Waals surface area (Å²) in [6, 6.07) is 11.3. The maximum Gasteiger partial charge on any atom is 0.224 e. The van der Waals surface area contributed by atoms with Gasteiger partial charge in [0.2, 0.25) is 5.91 Å².